The Balaban J connectivity index is 1.57. The molecular weight excluding hydrogens is 330 g/mol. The van der Waals surface area contributed by atoms with Crippen LogP contribution in [-0.2, 0) is 0 Å². The normalized spacial score (nSPS) is 10.8. The maximum Gasteiger partial charge on any atom is 0.291 e. The number of nitrogens with one attached hydrogen (secondary N) is 1. The molecule has 0 spiro atoms. The molecule has 4 aromatic rings. The second-order valence-electron chi connectivity index (χ2n) is 5.95. The van der Waals surface area contributed by atoms with Crippen LogP contribution in [0.3, 0.4) is 0 Å². The first-order chi connectivity index (χ1) is 12.6. The Morgan fingerprint density at radius 2 is 1.85 bits per heavy atom. The lowest BCUT2D eigenvalue weighted by molar-refractivity contribution is 0.0998. The van der Waals surface area contributed by atoms with Crippen LogP contribution in [-0.4, -0.2) is 12.2 Å². The van der Waals surface area contributed by atoms with Crippen LogP contribution in [0.2, 0.25) is 0 Å². The zero-order chi connectivity index (χ0) is 18.1. The van der Waals surface area contributed by atoms with Gasteiger partial charge >= 0.3 is 0 Å². The van der Waals surface area contributed by atoms with Gasteiger partial charge in [-0.3, -0.25) is 9.59 Å². The molecule has 5 nitrogen and oxygen atoms in total. The standard InChI is InChI=1S/C21H15NO4/c1-13-10-15(19-9-7-16(12-23)25-19)6-8-17(13)22-21(24)20-11-14-4-2-3-5-18(14)26-20/h2-12H,1H3,(H,22,24). The van der Waals surface area contributed by atoms with Crippen LogP contribution in [0.15, 0.2) is 69.5 Å². The first kappa shape index (κ1) is 15.9. The number of aldehydes is 1. The molecule has 0 radical (unpaired) electrons. The Labute approximate surface area is 149 Å². The fourth-order valence-corrected chi connectivity index (χ4v) is 2.81. The third-order valence-corrected chi connectivity index (χ3v) is 4.15. The fraction of sp³-hybridized carbons (Fsp3) is 0.0476. The number of furan rings is 2. The Hall–Kier alpha value is -3.60. The number of carbonyl (C=O) groups is 2. The number of amides is 1. The van der Waals surface area contributed by atoms with E-state index in [2.05, 4.69) is 5.32 Å². The van der Waals surface area contributed by atoms with Gasteiger partial charge in [0.1, 0.15) is 11.3 Å². The molecule has 2 aromatic carbocycles. The Bertz CT molecular complexity index is 1090. The summed E-state index contributed by atoms with van der Waals surface area (Å²) in [6, 6.07) is 18.1. The molecule has 26 heavy (non-hydrogen) atoms. The lowest BCUT2D eigenvalue weighted by atomic mass is 10.1. The van der Waals surface area contributed by atoms with Crippen molar-refractivity contribution in [2.75, 3.05) is 5.32 Å². The van der Waals surface area contributed by atoms with E-state index in [9.17, 15) is 9.59 Å². The van der Waals surface area contributed by atoms with Gasteiger partial charge in [0.05, 0.1) is 0 Å². The first-order valence-corrected chi connectivity index (χ1v) is 8.10. The van der Waals surface area contributed by atoms with E-state index in [1.165, 1.54) is 0 Å². The molecule has 0 fully saturated rings. The zero-order valence-corrected chi connectivity index (χ0v) is 14.0. The van der Waals surface area contributed by atoms with Crippen LogP contribution in [0.4, 0.5) is 5.69 Å². The number of hydrogen-bond acceptors (Lipinski definition) is 4. The molecule has 128 valence electrons. The van der Waals surface area contributed by atoms with Crippen LogP contribution >= 0.6 is 0 Å². The summed E-state index contributed by atoms with van der Waals surface area (Å²) >= 11 is 0. The maximum absolute atomic E-state index is 12.5. The molecule has 1 amide bonds. The average Bonchev–Trinajstić information content (AvgIpc) is 3.30. The van der Waals surface area contributed by atoms with Gasteiger partial charge in [0.15, 0.2) is 17.8 Å². The second kappa shape index (κ2) is 6.37. The van der Waals surface area contributed by atoms with Crippen molar-refractivity contribution in [3.63, 3.8) is 0 Å². The second-order valence-corrected chi connectivity index (χ2v) is 5.95. The number of para-hydroxylation sites is 1. The predicted octanol–water partition coefficient (Wildman–Crippen LogP) is 5.07. The summed E-state index contributed by atoms with van der Waals surface area (Å²) in [6.07, 6.45) is 0.665. The van der Waals surface area contributed by atoms with Crippen molar-refractivity contribution in [3.8, 4) is 11.3 Å². The minimum Gasteiger partial charge on any atom is -0.453 e. The largest absolute Gasteiger partial charge is 0.453 e. The number of fused-ring (bicyclic) bond motifs is 1. The van der Waals surface area contributed by atoms with Gasteiger partial charge in [-0.25, -0.2) is 0 Å². The third-order valence-electron chi connectivity index (χ3n) is 4.15. The molecule has 1 N–H and O–H groups in total. The van der Waals surface area contributed by atoms with Crippen molar-refractivity contribution in [1.82, 2.24) is 0 Å². The third kappa shape index (κ3) is 2.91. The highest BCUT2D eigenvalue weighted by molar-refractivity contribution is 6.05. The van der Waals surface area contributed by atoms with E-state index in [0.29, 0.717) is 23.3 Å². The quantitative estimate of drug-likeness (QED) is 0.524. The molecule has 0 bridgehead atoms. The molecule has 4 rings (SSSR count). The van der Waals surface area contributed by atoms with Gasteiger partial charge in [-0.05, 0) is 55.0 Å². The van der Waals surface area contributed by atoms with Crippen LogP contribution in [0.1, 0.15) is 26.7 Å². The zero-order valence-electron chi connectivity index (χ0n) is 14.0. The van der Waals surface area contributed by atoms with Crippen LogP contribution in [0.5, 0.6) is 0 Å². The van der Waals surface area contributed by atoms with E-state index < -0.39 is 0 Å². The van der Waals surface area contributed by atoms with E-state index >= 15 is 0 Å². The highest BCUT2D eigenvalue weighted by atomic mass is 16.3. The molecule has 2 heterocycles. The smallest absolute Gasteiger partial charge is 0.291 e. The summed E-state index contributed by atoms with van der Waals surface area (Å²) in [5, 5.41) is 3.75. The summed E-state index contributed by atoms with van der Waals surface area (Å²) in [6.45, 7) is 1.89. The molecule has 2 aromatic heterocycles. The molecular formula is C21H15NO4. The number of aryl methyl sites for hydroxylation is 1. The molecule has 0 aliphatic heterocycles. The van der Waals surface area contributed by atoms with Crippen molar-refractivity contribution in [1.29, 1.82) is 0 Å². The van der Waals surface area contributed by atoms with Gasteiger partial charge in [0.2, 0.25) is 0 Å². The number of carbonyl (C=O) groups excluding carboxylic acids is 2. The molecule has 0 aliphatic rings. The molecule has 0 atom stereocenters. The van der Waals surface area contributed by atoms with Crippen molar-refractivity contribution in [2.24, 2.45) is 0 Å². The first-order valence-electron chi connectivity index (χ1n) is 8.10. The summed E-state index contributed by atoms with van der Waals surface area (Å²) in [4.78, 5) is 23.2. The van der Waals surface area contributed by atoms with Gasteiger partial charge in [0, 0.05) is 16.6 Å². The number of benzene rings is 2. The van der Waals surface area contributed by atoms with Gasteiger partial charge in [-0.2, -0.15) is 0 Å². The lowest BCUT2D eigenvalue weighted by Gasteiger charge is -2.08. The Kier molecular flexibility index (Phi) is 3.89. The SMILES string of the molecule is Cc1cc(-c2ccc(C=O)o2)ccc1NC(=O)c1cc2ccccc2o1. The van der Waals surface area contributed by atoms with Gasteiger partial charge in [-0.1, -0.05) is 18.2 Å². The van der Waals surface area contributed by atoms with Crippen LogP contribution < -0.4 is 5.32 Å². The summed E-state index contributed by atoms with van der Waals surface area (Å²) < 4.78 is 11.0. The number of rotatable bonds is 4. The minimum atomic E-state index is -0.307. The van der Waals surface area contributed by atoms with Crippen molar-refractivity contribution in [2.45, 2.75) is 6.92 Å². The van der Waals surface area contributed by atoms with Crippen LogP contribution in [0, 0.1) is 6.92 Å². The van der Waals surface area contributed by atoms with E-state index in [-0.39, 0.29) is 17.4 Å². The highest BCUT2D eigenvalue weighted by Crippen LogP contribution is 2.27. The topological polar surface area (TPSA) is 72.5 Å². The maximum atomic E-state index is 12.5. The minimum absolute atomic E-state index is 0.260. The lowest BCUT2D eigenvalue weighted by Crippen LogP contribution is -2.11. The van der Waals surface area contributed by atoms with Crippen LogP contribution in [0.25, 0.3) is 22.3 Å². The Morgan fingerprint density at radius 3 is 2.58 bits per heavy atom. The molecule has 0 saturated heterocycles. The van der Waals surface area contributed by atoms with Gasteiger partial charge < -0.3 is 14.2 Å². The van der Waals surface area contributed by atoms with Crippen molar-refractivity contribution in [3.05, 3.63) is 77.7 Å². The van der Waals surface area contributed by atoms with Crippen molar-refractivity contribution < 1.29 is 18.4 Å². The van der Waals surface area contributed by atoms with Gasteiger partial charge in [-0.15, -0.1) is 0 Å². The molecule has 0 saturated carbocycles. The molecule has 5 heteroatoms. The number of hydrogen-bond donors (Lipinski definition) is 1. The fourth-order valence-electron chi connectivity index (χ4n) is 2.81. The monoisotopic (exact) mass is 345 g/mol. The van der Waals surface area contributed by atoms with Crippen molar-refractivity contribution >= 4 is 28.8 Å². The van der Waals surface area contributed by atoms with E-state index in [0.717, 1.165) is 16.5 Å². The summed E-state index contributed by atoms with van der Waals surface area (Å²) in [5.74, 6) is 0.833. The highest BCUT2D eigenvalue weighted by Gasteiger charge is 2.14. The number of anilines is 1. The van der Waals surface area contributed by atoms with E-state index in [1.54, 1.807) is 24.3 Å². The summed E-state index contributed by atoms with van der Waals surface area (Å²) in [5.41, 5.74) is 3.06. The Morgan fingerprint density at radius 1 is 1.00 bits per heavy atom. The predicted molar refractivity (Wildman–Crippen MR) is 98.4 cm³/mol. The van der Waals surface area contributed by atoms with Gasteiger partial charge in [0.25, 0.3) is 5.91 Å². The summed E-state index contributed by atoms with van der Waals surface area (Å²) in [7, 11) is 0. The van der Waals surface area contributed by atoms with E-state index in [4.69, 9.17) is 8.83 Å². The average molecular weight is 345 g/mol. The van der Waals surface area contributed by atoms with E-state index in [1.807, 2.05) is 43.3 Å². The molecule has 0 unspecified atom stereocenters. The molecule has 0 aliphatic carbocycles.